The fourth-order valence-electron chi connectivity index (χ4n) is 3.45. The van der Waals surface area contributed by atoms with E-state index in [4.69, 9.17) is 18.9 Å². The summed E-state index contributed by atoms with van der Waals surface area (Å²) in [5, 5.41) is 10.3. The molecule has 0 saturated heterocycles. The number of thioether (sulfide) groups is 2. The first kappa shape index (κ1) is 37.0. The first-order chi connectivity index (χ1) is 21.6. The van der Waals surface area contributed by atoms with Gasteiger partial charge in [0.05, 0.1) is 25.7 Å². The Hall–Kier alpha value is -4.23. The summed E-state index contributed by atoms with van der Waals surface area (Å²) in [5.74, 6) is 1.85. The molecule has 2 unspecified atom stereocenters. The number of hydrogen-bond acceptors (Lipinski definition) is 10. The SMILES string of the molecule is C=CCSCC([NH3+])C(=O)Oc1ccc(/C=C/C(=O)/C=C(O)/C=C/c2ccc(OC(=O)C([NH3+])CSCC=C)c(OC)c2)cc1OC. The lowest BCUT2D eigenvalue weighted by molar-refractivity contribution is -0.399. The Bertz CT molecular complexity index is 1440. The number of methoxy groups -OCH3 is 2. The standard InChI is InChI=1S/C33H38N2O8S2/c1-5-15-44-20-26(34)32(38)42-28-13-9-22(17-30(28)40-3)7-11-24(36)19-25(37)12-8-23-10-14-29(31(18-23)41-4)43-33(39)27(35)21-45-16-6-2/h5-14,17-19,26-27,36H,1-2,15-16,20-21,34-35H2,3-4H3/p+2/b11-7+,12-8+,24-19-. The quantitative estimate of drug-likeness (QED) is 0.0389. The van der Waals surface area contributed by atoms with Crippen molar-refractivity contribution in [1.82, 2.24) is 0 Å². The van der Waals surface area contributed by atoms with Crippen molar-refractivity contribution in [3.63, 3.8) is 0 Å². The number of allylic oxidation sites excluding steroid dienone is 3. The Labute approximate surface area is 271 Å². The van der Waals surface area contributed by atoms with E-state index in [1.54, 1.807) is 60.7 Å². The minimum absolute atomic E-state index is 0.240. The van der Waals surface area contributed by atoms with Crippen molar-refractivity contribution in [2.45, 2.75) is 12.1 Å². The van der Waals surface area contributed by atoms with E-state index in [1.807, 2.05) is 0 Å². The second-order valence-electron chi connectivity index (χ2n) is 9.35. The lowest BCUT2D eigenvalue weighted by Gasteiger charge is -2.12. The maximum absolute atomic E-state index is 12.4. The average Bonchev–Trinajstić information content (AvgIpc) is 3.03. The van der Waals surface area contributed by atoms with Gasteiger partial charge < -0.3 is 35.5 Å². The Morgan fingerprint density at radius 1 is 0.778 bits per heavy atom. The molecule has 2 aromatic carbocycles. The number of ether oxygens (including phenoxy) is 4. The summed E-state index contributed by atoms with van der Waals surface area (Å²) >= 11 is 3.06. The van der Waals surface area contributed by atoms with Gasteiger partial charge in [0.1, 0.15) is 5.76 Å². The van der Waals surface area contributed by atoms with Gasteiger partial charge in [0.25, 0.3) is 0 Å². The molecule has 12 heteroatoms. The molecule has 0 aliphatic heterocycles. The molecule has 45 heavy (non-hydrogen) atoms. The number of carbonyl (C=O) groups is 3. The van der Waals surface area contributed by atoms with Crippen molar-refractivity contribution >= 4 is 53.4 Å². The van der Waals surface area contributed by atoms with Gasteiger partial charge in [-0.25, -0.2) is 9.59 Å². The van der Waals surface area contributed by atoms with Crippen LogP contribution in [-0.2, 0) is 14.4 Å². The molecule has 0 aliphatic rings. The monoisotopic (exact) mass is 656 g/mol. The summed E-state index contributed by atoms with van der Waals surface area (Å²) in [4.78, 5) is 37.1. The van der Waals surface area contributed by atoms with Gasteiger partial charge in [-0.1, -0.05) is 36.4 Å². The van der Waals surface area contributed by atoms with E-state index in [0.717, 1.165) is 6.08 Å². The van der Waals surface area contributed by atoms with Gasteiger partial charge in [-0.2, -0.15) is 23.5 Å². The molecular weight excluding hydrogens is 617 g/mol. The van der Waals surface area contributed by atoms with Gasteiger partial charge in [-0.05, 0) is 47.5 Å². The molecule has 0 bridgehead atoms. The van der Waals surface area contributed by atoms with E-state index in [9.17, 15) is 19.5 Å². The topological polar surface area (TPSA) is 164 Å². The molecule has 0 heterocycles. The van der Waals surface area contributed by atoms with Crippen molar-refractivity contribution in [2.75, 3.05) is 37.2 Å². The Morgan fingerprint density at radius 2 is 1.22 bits per heavy atom. The zero-order valence-corrected chi connectivity index (χ0v) is 27.1. The van der Waals surface area contributed by atoms with E-state index in [1.165, 1.54) is 49.9 Å². The van der Waals surface area contributed by atoms with E-state index in [0.29, 0.717) is 45.6 Å². The van der Waals surface area contributed by atoms with Gasteiger partial charge in [0.15, 0.2) is 40.9 Å². The molecule has 7 N–H and O–H groups in total. The molecule has 0 aromatic heterocycles. The van der Waals surface area contributed by atoms with Crippen LogP contribution >= 0.6 is 23.5 Å². The van der Waals surface area contributed by atoms with E-state index in [-0.39, 0.29) is 17.3 Å². The van der Waals surface area contributed by atoms with Crippen LogP contribution in [0.4, 0.5) is 0 Å². The van der Waals surface area contributed by atoms with Crippen LogP contribution in [0.1, 0.15) is 11.1 Å². The van der Waals surface area contributed by atoms with Crippen LogP contribution in [0.25, 0.3) is 12.2 Å². The van der Waals surface area contributed by atoms with Gasteiger partial charge in [-0.15, -0.1) is 13.2 Å². The second kappa shape index (κ2) is 19.9. The molecule has 2 aromatic rings. The summed E-state index contributed by atoms with van der Waals surface area (Å²) in [6, 6.07) is 8.63. The number of benzene rings is 2. The number of aliphatic hydroxyl groups is 1. The molecule has 2 atom stereocenters. The summed E-state index contributed by atoms with van der Waals surface area (Å²) in [6.45, 7) is 7.30. The molecule has 0 radical (unpaired) electrons. The normalized spacial score (nSPS) is 12.8. The van der Waals surface area contributed by atoms with Gasteiger partial charge in [0, 0.05) is 17.6 Å². The van der Waals surface area contributed by atoms with E-state index in [2.05, 4.69) is 24.6 Å². The fourth-order valence-corrected chi connectivity index (χ4v) is 4.90. The molecule has 0 amide bonds. The minimum Gasteiger partial charge on any atom is -0.508 e. The highest BCUT2D eigenvalue weighted by Gasteiger charge is 2.22. The number of hydrogen-bond donors (Lipinski definition) is 3. The van der Waals surface area contributed by atoms with Crippen LogP contribution < -0.4 is 30.4 Å². The minimum atomic E-state index is -0.556. The van der Waals surface area contributed by atoms with Crippen LogP contribution in [0.2, 0.25) is 0 Å². The summed E-state index contributed by atoms with van der Waals surface area (Å²) in [7, 11) is 2.89. The van der Waals surface area contributed by atoms with Crippen molar-refractivity contribution in [2.24, 2.45) is 0 Å². The van der Waals surface area contributed by atoms with Gasteiger partial charge in [0.2, 0.25) is 0 Å². The van der Waals surface area contributed by atoms with Crippen LogP contribution in [0.15, 0.2) is 85.7 Å². The van der Waals surface area contributed by atoms with Crippen molar-refractivity contribution in [3.05, 3.63) is 96.8 Å². The molecule has 0 fully saturated rings. The number of aliphatic hydroxyl groups excluding tert-OH is 1. The lowest BCUT2D eigenvalue weighted by Crippen LogP contribution is -2.67. The lowest BCUT2D eigenvalue weighted by atomic mass is 10.1. The summed E-state index contributed by atoms with van der Waals surface area (Å²) in [5.41, 5.74) is 8.93. The number of ketones is 1. The van der Waals surface area contributed by atoms with Crippen LogP contribution in [0.3, 0.4) is 0 Å². The van der Waals surface area contributed by atoms with Gasteiger partial charge >= 0.3 is 11.9 Å². The Kier molecular flexibility index (Phi) is 16.4. The molecule has 10 nitrogen and oxygen atoms in total. The second-order valence-corrected chi connectivity index (χ2v) is 11.5. The van der Waals surface area contributed by atoms with E-state index < -0.39 is 29.8 Å². The Balaban J connectivity index is 2.01. The maximum atomic E-state index is 12.4. The number of rotatable bonds is 19. The molecule has 240 valence electrons. The van der Waals surface area contributed by atoms with Crippen LogP contribution in [0, 0.1) is 0 Å². The highest BCUT2D eigenvalue weighted by atomic mass is 32.2. The molecular formula is C33H40N2O8S2+2. The number of carbonyl (C=O) groups excluding carboxylic acids is 3. The summed E-state index contributed by atoms with van der Waals surface area (Å²) < 4.78 is 21.6. The highest BCUT2D eigenvalue weighted by molar-refractivity contribution is 7.99. The Morgan fingerprint density at radius 3 is 1.64 bits per heavy atom. The number of quaternary nitrogens is 2. The predicted octanol–water partition coefficient (Wildman–Crippen LogP) is 3.31. The first-order valence-corrected chi connectivity index (χ1v) is 16.1. The first-order valence-electron chi connectivity index (χ1n) is 13.8. The average molecular weight is 657 g/mol. The van der Waals surface area contributed by atoms with E-state index >= 15 is 0 Å². The predicted molar refractivity (Wildman–Crippen MR) is 179 cm³/mol. The smallest absolute Gasteiger partial charge is 0.371 e. The summed E-state index contributed by atoms with van der Waals surface area (Å²) in [6.07, 6.45) is 10.3. The fraction of sp³-hybridized carbons (Fsp3) is 0.242. The molecule has 0 saturated carbocycles. The third kappa shape index (κ3) is 13.1. The highest BCUT2D eigenvalue weighted by Crippen LogP contribution is 2.30. The maximum Gasteiger partial charge on any atom is 0.371 e. The zero-order chi connectivity index (χ0) is 33.2. The van der Waals surface area contributed by atoms with Gasteiger partial charge in [-0.3, -0.25) is 4.79 Å². The third-order valence-corrected chi connectivity index (χ3v) is 7.97. The van der Waals surface area contributed by atoms with Crippen LogP contribution in [-0.4, -0.2) is 72.1 Å². The zero-order valence-electron chi connectivity index (χ0n) is 25.4. The van der Waals surface area contributed by atoms with Crippen molar-refractivity contribution in [3.8, 4) is 23.0 Å². The molecule has 2 rings (SSSR count). The molecule has 0 spiro atoms. The third-order valence-electron chi connectivity index (χ3n) is 5.75. The largest absolute Gasteiger partial charge is 0.508 e. The molecule has 0 aliphatic carbocycles. The number of esters is 2. The van der Waals surface area contributed by atoms with Crippen molar-refractivity contribution in [1.29, 1.82) is 0 Å². The van der Waals surface area contributed by atoms with Crippen molar-refractivity contribution < 1.29 is 49.9 Å². The van der Waals surface area contributed by atoms with Crippen LogP contribution in [0.5, 0.6) is 23.0 Å².